The predicted octanol–water partition coefficient (Wildman–Crippen LogP) is 4.61. The van der Waals surface area contributed by atoms with Crippen molar-refractivity contribution in [2.24, 2.45) is 0 Å². The first-order chi connectivity index (χ1) is 9.66. The lowest BCUT2D eigenvalue weighted by atomic mass is 10.0. The molecule has 0 bridgehead atoms. The Morgan fingerprint density at radius 3 is 2.25 bits per heavy atom. The van der Waals surface area contributed by atoms with E-state index in [4.69, 9.17) is 0 Å². The van der Waals surface area contributed by atoms with Gasteiger partial charge in [-0.3, -0.25) is 0 Å². The number of benzene rings is 1. The molecule has 1 aliphatic carbocycles. The van der Waals surface area contributed by atoms with E-state index in [-0.39, 0.29) is 0 Å². The molecule has 0 N–H and O–H groups in total. The van der Waals surface area contributed by atoms with Crippen molar-refractivity contribution in [1.82, 2.24) is 0 Å². The maximum absolute atomic E-state index is 2.48. The van der Waals surface area contributed by atoms with Gasteiger partial charge in [-0.25, -0.2) is 0 Å². The largest absolute Gasteiger partial charge is 0.231 e. The number of aryl methyl sites for hydroxylation is 4. The Morgan fingerprint density at radius 1 is 0.900 bits per heavy atom. The number of hydrogen-bond donors (Lipinski definition) is 0. The summed E-state index contributed by atoms with van der Waals surface area (Å²) in [5.74, 6) is 0. The smallest absolute Gasteiger partial charge is 0.153 e. The Bertz CT molecular complexity index is 601. The molecule has 0 saturated carbocycles. The molecule has 1 heterocycles. The van der Waals surface area contributed by atoms with Gasteiger partial charge in [0.2, 0.25) is 16.9 Å². The van der Waals surface area contributed by atoms with Crippen LogP contribution in [0.15, 0.2) is 17.6 Å². The molecule has 2 aromatic rings. The molecule has 2 heteroatoms. The van der Waals surface area contributed by atoms with Crippen molar-refractivity contribution in [2.45, 2.75) is 59.3 Å². The number of fused-ring (bicyclic) bond motifs is 1. The van der Waals surface area contributed by atoms with Crippen molar-refractivity contribution in [3.05, 3.63) is 44.9 Å². The van der Waals surface area contributed by atoms with E-state index >= 15 is 0 Å². The summed E-state index contributed by atoms with van der Waals surface area (Å²) < 4.78 is 2.48. The predicted molar refractivity (Wildman–Crippen MR) is 85.9 cm³/mol. The Hall–Kier alpha value is -1.15. The second-order valence-electron chi connectivity index (χ2n) is 6.12. The molecule has 106 valence electrons. The summed E-state index contributed by atoms with van der Waals surface area (Å²) >= 11 is 1.95. The Morgan fingerprint density at radius 2 is 1.55 bits per heavy atom. The van der Waals surface area contributed by atoms with Gasteiger partial charge in [-0.2, -0.15) is 4.57 Å². The zero-order chi connectivity index (χ0) is 14.1. The van der Waals surface area contributed by atoms with Crippen molar-refractivity contribution in [2.75, 3.05) is 0 Å². The van der Waals surface area contributed by atoms with Crippen molar-refractivity contribution in [3.63, 3.8) is 0 Å². The molecule has 1 aliphatic rings. The normalized spacial score (nSPS) is 15.6. The zero-order valence-corrected chi connectivity index (χ0v) is 13.6. The fourth-order valence-electron chi connectivity index (χ4n) is 3.52. The van der Waals surface area contributed by atoms with Crippen molar-refractivity contribution in [3.8, 4) is 5.69 Å². The minimum Gasteiger partial charge on any atom is -0.153 e. The Kier molecular flexibility index (Phi) is 3.93. The summed E-state index contributed by atoms with van der Waals surface area (Å²) in [7, 11) is 0. The zero-order valence-electron chi connectivity index (χ0n) is 12.8. The van der Waals surface area contributed by atoms with Gasteiger partial charge in [0.15, 0.2) is 0 Å². The van der Waals surface area contributed by atoms with Gasteiger partial charge in [0.05, 0.1) is 4.88 Å². The van der Waals surface area contributed by atoms with Gasteiger partial charge in [0.25, 0.3) is 0 Å². The van der Waals surface area contributed by atoms with Crippen molar-refractivity contribution >= 4 is 11.3 Å². The fraction of sp³-hybridized carbons (Fsp3) is 0.500. The van der Waals surface area contributed by atoms with E-state index in [0.29, 0.717) is 0 Å². The second-order valence-corrected chi connectivity index (χ2v) is 7.06. The molecular formula is C18H24NS+. The summed E-state index contributed by atoms with van der Waals surface area (Å²) in [5, 5.41) is 0. The van der Waals surface area contributed by atoms with Gasteiger partial charge in [0, 0.05) is 17.5 Å². The van der Waals surface area contributed by atoms with Crippen LogP contribution < -0.4 is 4.57 Å². The van der Waals surface area contributed by atoms with Gasteiger partial charge in [-0.15, -0.1) is 0 Å². The molecule has 3 rings (SSSR count). The van der Waals surface area contributed by atoms with E-state index in [0.717, 1.165) is 0 Å². The quantitative estimate of drug-likeness (QED) is 0.674. The number of hydrogen-bond acceptors (Lipinski definition) is 1. The highest BCUT2D eigenvalue weighted by Gasteiger charge is 2.25. The first-order valence-electron chi connectivity index (χ1n) is 7.76. The molecule has 20 heavy (non-hydrogen) atoms. The summed E-state index contributed by atoms with van der Waals surface area (Å²) in [6.07, 6.45) is 8.01. The summed E-state index contributed by atoms with van der Waals surface area (Å²) in [4.78, 5) is 1.61. The van der Waals surface area contributed by atoms with E-state index in [1.54, 1.807) is 10.6 Å². The highest BCUT2D eigenvalue weighted by atomic mass is 32.1. The number of rotatable bonds is 1. The summed E-state index contributed by atoms with van der Waals surface area (Å²) in [6, 6.07) is 4.62. The molecule has 0 saturated heterocycles. The molecule has 0 unspecified atom stereocenters. The minimum atomic E-state index is 1.24. The molecule has 1 aromatic carbocycles. The maximum Gasteiger partial charge on any atom is 0.231 e. The van der Waals surface area contributed by atoms with Crippen LogP contribution in [0.25, 0.3) is 5.69 Å². The average Bonchev–Trinajstić information content (AvgIpc) is 2.70. The van der Waals surface area contributed by atoms with Crippen LogP contribution in [0.5, 0.6) is 0 Å². The summed E-state index contributed by atoms with van der Waals surface area (Å²) in [5.41, 5.74) is 9.48. The third-order valence-electron chi connectivity index (χ3n) is 4.36. The molecule has 0 fully saturated rings. The first kappa shape index (κ1) is 13.8. The standard InChI is InChI=1S/C18H24NS/c1-13-10-14(2)18(15(3)11-13)19-12-20-17-9-7-5-4-6-8-16(17)19/h10-12H,4-9H2,1-3H3/q+1. The van der Waals surface area contributed by atoms with Gasteiger partial charge in [-0.1, -0.05) is 29.7 Å². The highest BCUT2D eigenvalue weighted by Crippen LogP contribution is 2.25. The molecule has 0 radical (unpaired) electrons. The van der Waals surface area contributed by atoms with Crippen LogP contribution in [0.2, 0.25) is 0 Å². The molecule has 0 spiro atoms. The van der Waals surface area contributed by atoms with Crippen LogP contribution in [0.1, 0.15) is 52.9 Å². The third kappa shape index (κ3) is 2.54. The van der Waals surface area contributed by atoms with Gasteiger partial charge in [-0.05, 0) is 52.2 Å². The van der Waals surface area contributed by atoms with Crippen LogP contribution in [0.3, 0.4) is 0 Å². The molecule has 0 amide bonds. The van der Waals surface area contributed by atoms with E-state index in [1.807, 2.05) is 11.3 Å². The van der Waals surface area contributed by atoms with Gasteiger partial charge < -0.3 is 0 Å². The lowest BCUT2D eigenvalue weighted by Crippen LogP contribution is -2.35. The maximum atomic E-state index is 2.48. The first-order valence-corrected chi connectivity index (χ1v) is 8.64. The molecule has 0 aliphatic heterocycles. The van der Waals surface area contributed by atoms with Crippen molar-refractivity contribution < 1.29 is 4.57 Å². The SMILES string of the molecule is Cc1cc(C)c(-[n+]2csc3c2CCCCCC3)c(C)c1. The second kappa shape index (κ2) is 5.69. The number of thiazole rings is 1. The van der Waals surface area contributed by atoms with Crippen LogP contribution in [-0.4, -0.2) is 0 Å². The fourth-order valence-corrected chi connectivity index (χ4v) is 4.58. The Labute approximate surface area is 126 Å². The lowest BCUT2D eigenvalue weighted by molar-refractivity contribution is -0.600. The monoisotopic (exact) mass is 286 g/mol. The van der Waals surface area contributed by atoms with E-state index in [1.165, 1.54) is 60.9 Å². The van der Waals surface area contributed by atoms with Crippen molar-refractivity contribution in [1.29, 1.82) is 0 Å². The van der Waals surface area contributed by atoms with Gasteiger partial charge >= 0.3 is 0 Å². The minimum absolute atomic E-state index is 1.24. The van der Waals surface area contributed by atoms with Crippen LogP contribution in [0.4, 0.5) is 0 Å². The average molecular weight is 286 g/mol. The van der Waals surface area contributed by atoms with Crippen LogP contribution in [0, 0.1) is 20.8 Å². The van der Waals surface area contributed by atoms with E-state index < -0.39 is 0 Å². The molecule has 1 nitrogen and oxygen atoms in total. The topological polar surface area (TPSA) is 3.88 Å². The lowest BCUT2D eigenvalue weighted by Gasteiger charge is -2.09. The Balaban J connectivity index is 2.11. The molecule has 1 aromatic heterocycles. The molecular weight excluding hydrogens is 262 g/mol. The number of nitrogens with zero attached hydrogens (tertiary/aromatic N) is 1. The molecule has 0 atom stereocenters. The van der Waals surface area contributed by atoms with E-state index in [9.17, 15) is 0 Å². The summed E-state index contributed by atoms with van der Waals surface area (Å²) in [6.45, 7) is 6.68. The number of aromatic nitrogens is 1. The van der Waals surface area contributed by atoms with E-state index in [2.05, 4.69) is 43.0 Å². The third-order valence-corrected chi connectivity index (χ3v) is 5.40. The van der Waals surface area contributed by atoms with Crippen LogP contribution in [-0.2, 0) is 12.8 Å². The van der Waals surface area contributed by atoms with Gasteiger partial charge in [0.1, 0.15) is 0 Å². The highest BCUT2D eigenvalue weighted by molar-refractivity contribution is 7.09. The van der Waals surface area contributed by atoms with Crippen LogP contribution >= 0.6 is 11.3 Å².